The highest BCUT2D eigenvalue weighted by Gasteiger charge is 2.35. The second-order valence-corrected chi connectivity index (χ2v) is 9.83. The Morgan fingerprint density at radius 2 is 1.81 bits per heavy atom. The summed E-state index contributed by atoms with van der Waals surface area (Å²) in [5.74, 6) is -0.685. The van der Waals surface area contributed by atoms with E-state index in [-0.39, 0.29) is 42.9 Å². The first-order valence-electron chi connectivity index (χ1n) is 10.7. The van der Waals surface area contributed by atoms with Crippen LogP contribution in [0.2, 0.25) is 0 Å². The fourth-order valence-corrected chi connectivity index (χ4v) is 5.45. The highest BCUT2D eigenvalue weighted by molar-refractivity contribution is 7.93. The largest absolute Gasteiger partial charge is 0.573 e. The van der Waals surface area contributed by atoms with E-state index in [0.717, 1.165) is 18.2 Å². The number of amides is 1. The number of hydrogen-bond acceptors (Lipinski definition) is 7. The first-order chi connectivity index (χ1) is 16.9. The Balaban J connectivity index is 1.76. The monoisotopic (exact) mass is 530 g/mol. The second-order valence-electron chi connectivity index (χ2n) is 7.92. The van der Waals surface area contributed by atoms with Gasteiger partial charge in [0, 0.05) is 18.8 Å². The van der Waals surface area contributed by atoms with Gasteiger partial charge in [0.2, 0.25) is 10.0 Å². The molecule has 0 atom stereocenters. The van der Waals surface area contributed by atoms with Crippen LogP contribution in [0.15, 0.2) is 41.8 Å². The van der Waals surface area contributed by atoms with Crippen molar-refractivity contribution in [1.29, 1.82) is 0 Å². The maximum absolute atomic E-state index is 13.4. The molecule has 0 radical (unpaired) electrons. The van der Waals surface area contributed by atoms with Crippen molar-refractivity contribution < 1.29 is 41.1 Å². The molecular weight excluding hydrogens is 505 g/mol. The Hall–Kier alpha value is -3.36. The maximum atomic E-state index is 13.4. The van der Waals surface area contributed by atoms with Gasteiger partial charge in [0.1, 0.15) is 23.4 Å². The average molecular weight is 531 g/mol. The SMILES string of the molecule is C=C/C(=C(/C(=O)NO)c1nc(C)[nH]c1C)S(=O)(=O)N1CCC(Oc2ccc(OC(F)(F)F)cc2)CC1. The van der Waals surface area contributed by atoms with Gasteiger partial charge in [-0.3, -0.25) is 10.0 Å². The normalized spacial score (nSPS) is 16.3. The third-order valence-electron chi connectivity index (χ3n) is 5.38. The van der Waals surface area contributed by atoms with Crippen molar-refractivity contribution in [1.82, 2.24) is 19.8 Å². The van der Waals surface area contributed by atoms with E-state index in [9.17, 15) is 31.6 Å². The molecule has 0 unspecified atom stereocenters. The van der Waals surface area contributed by atoms with Gasteiger partial charge in [-0.15, -0.1) is 13.2 Å². The van der Waals surface area contributed by atoms with Gasteiger partial charge < -0.3 is 14.5 Å². The number of piperidine rings is 1. The number of halogens is 3. The minimum Gasteiger partial charge on any atom is -0.490 e. The summed E-state index contributed by atoms with van der Waals surface area (Å²) in [5, 5.41) is 9.24. The molecule has 10 nitrogen and oxygen atoms in total. The van der Waals surface area contributed by atoms with E-state index in [1.807, 2.05) is 0 Å². The number of ether oxygens (including phenoxy) is 2. The molecule has 196 valence electrons. The Labute approximate surface area is 205 Å². The van der Waals surface area contributed by atoms with Crippen LogP contribution in [0.4, 0.5) is 13.2 Å². The maximum Gasteiger partial charge on any atom is 0.573 e. The van der Waals surface area contributed by atoms with Gasteiger partial charge in [-0.1, -0.05) is 6.58 Å². The number of nitrogens with zero attached hydrogens (tertiary/aromatic N) is 2. The van der Waals surface area contributed by atoms with E-state index in [2.05, 4.69) is 21.3 Å². The number of imidazole rings is 1. The number of hydroxylamine groups is 1. The van der Waals surface area contributed by atoms with Crippen LogP contribution in [0.3, 0.4) is 0 Å². The van der Waals surface area contributed by atoms with Gasteiger partial charge in [0.25, 0.3) is 5.91 Å². The number of H-pyrrole nitrogens is 1. The molecule has 0 saturated carbocycles. The van der Waals surface area contributed by atoms with Crippen LogP contribution >= 0.6 is 0 Å². The van der Waals surface area contributed by atoms with Crippen molar-refractivity contribution in [2.24, 2.45) is 0 Å². The first-order valence-corrected chi connectivity index (χ1v) is 12.2. The number of alkyl halides is 3. The van der Waals surface area contributed by atoms with Crippen LogP contribution in [-0.4, -0.2) is 59.4 Å². The van der Waals surface area contributed by atoms with Gasteiger partial charge in [-0.2, -0.15) is 4.31 Å². The smallest absolute Gasteiger partial charge is 0.490 e. The van der Waals surface area contributed by atoms with Crippen LogP contribution in [0.5, 0.6) is 11.5 Å². The number of carbonyl (C=O) groups is 1. The van der Waals surface area contributed by atoms with E-state index in [4.69, 9.17) is 4.74 Å². The Morgan fingerprint density at radius 3 is 2.28 bits per heavy atom. The molecule has 0 aliphatic carbocycles. The zero-order valence-electron chi connectivity index (χ0n) is 19.4. The molecule has 1 fully saturated rings. The lowest BCUT2D eigenvalue weighted by Crippen LogP contribution is -2.42. The van der Waals surface area contributed by atoms with E-state index < -0.39 is 33.3 Å². The molecule has 1 aromatic carbocycles. The predicted octanol–water partition coefficient (Wildman–Crippen LogP) is 3.20. The van der Waals surface area contributed by atoms with Gasteiger partial charge in [-0.05, 0) is 57.0 Å². The quantitative estimate of drug-likeness (QED) is 0.207. The number of rotatable bonds is 8. The van der Waals surface area contributed by atoms with Gasteiger partial charge in [0.15, 0.2) is 0 Å². The summed E-state index contributed by atoms with van der Waals surface area (Å²) in [6, 6.07) is 4.90. The Kier molecular flexibility index (Phi) is 8.11. The van der Waals surface area contributed by atoms with Gasteiger partial charge in [-0.25, -0.2) is 18.9 Å². The third kappa shape index (κ3) is 6.25. The highest BCUT2D eigenvalue weighted by Crippen LogP contribution is 2.30. The van der Waals surface area contributed by atoms with E-state index in [1.165, 1.54) is 21.9 Å². The van der Waals surface area contributed by atoms with Crippen molar-refractivity contribution >= 4 is 21.5 Å². The molecular formula is C22H25F3N4O6S. The average Bonchev–Trinajstić information content (AvgIpc) is 3.14. The first kappa shape index (κ1) is 27.2. The minimum atomic E-state index is -4.80. The van der Waals surface area contributed by atoms with Gasteiger partial charge in [0.05, 0.1) is 16.2 Å². The molecule has 1 amide bonds. The van der Waals surface area contributed by atoms with Crippen molar-refractivity contribution in [3.63, 3.8) is 0 Å². The number of hydrogen-bond donors (Lipinski definition) is 3. The zero-order chi connectivity index (χ0) is 26.7. The molecule has 1 aromatic heterocycles. The predicted molar refractivity (Wildman–Crippen MR) is 122 cm³/mol. The summed E-state index contributed by atoms with van der Waals surface area (Å²) in [4.78, 5) is 19.1. The molecule has 2 aromatic rings. The molecule has 1 aliphatic rings. The number of carbonyl (C=O) groups excluding carboxylic acids is 1. The number of benzene rings is 1. The highest BCUT2D eigenvalue weighted by atomic mass is 32.2. The molecule has 2 heterocycles. The molecule has 0 spiro atoms. The van der Waals surface area contributed by atoms with Crippen LogP contribution in [0.1, 0.15) is 30.1 Å². The van der Waals surface area contributed by atoms with Crippen molar-refractivity contribution in [2.45, 2.75) is 39.2 Å². The van der Waals surface area contributed by atoms with Gasteiger partial charge >= 0.3 is 6.36 Å². The number of aromatic nitrogens is 2. The van der Waals surface area contributed by atoms with E-state index >= 15 is 0 Å². The number of sulfonamides is 1. The molecule has 3 N–H and O–H groups in total. The fraction of sp³-hybridized carbons (Fsp3) is 0.364. The van der Waals surface area contributed by atoms with Crippen LogP contribution < -0.4 is 15.0 Å². The standard InChI is InChI=1S/C22H25F3N4O6S/c1-4-18(19(21(30)28-31)20-13(2)26-14(3)27-20)36(32,33)29-11-9-16(10-12-29)34-15-5-7-17(8-6-15)35-22(23,24)25/h4-8,16,31H,1,9-12H2,2-3H3,(H,26,27)(H,28,30)/b19-18-. The van der Waals surface area contributed by atoms with E-state index in [0.29, 0.717) is 17.3 Å². The second kappa shape index (κ2) is 10.7. The Bertz CT molecular complexity index is 1250. The van der Waals surface area contributed by atoms with Crippen LogP contribution in [0.25, 0.3) is 5.57 Å². The lowest BCUT2D eigenvalue weighted by atomic mass is 10.1. The topological polar surface area (TPSA) is 134 Å². The van der Waals surface area contributed by atoms with Crippen molar-refractivity contribution in [3.8, 4) is 11.5 Å². The van der Waals surface area contributed by atoms with Crippen LogP contribution in [-0.2, 0) is 14.8 Å². The number of aromatic amines is 1. The molecule has 0 bridgehead atoms. The lowest BCUT2D eigenvalue weighted by molar-refractivity contribution is -0.274. The minimum absolute atomic E-state index is 0.0478. The summed E-state index contributed by atoms with van der Waals surface area (Å²) in [5.41, 5.74) is 1.61. The summed E-state index contributed by atoms with van der Waals surface area (Å²) < 4.78 is 74.6. The molecule has 1 aliphatic heterocycles. The van der Waals surface area contributed by atoms with Crippen molar-refractivity contribution in [2.75, 3.05) is 13.1 Å². The third-order valence-corrected chi connectivity index (χ3v) is 7.35. The molecule has 3 rings (SSSR count). The lowest BCUT2D eigenvalue weighted by Gasteiger charge is -2.32. The summed E-state index contributed by atoms with van der Waals surface area (Å²) in [7, 11) is -4.21. The number of nitrogens with one attached hydrogen (secondary N) is 2. The summed E-state index contributed by atoms with van der Waals surface area (Å²) in [6.07, 6.45) is -3.60. The Morgan fingerprint density at radius 1 is 1.22 bits per heavy atom. The molecule has 1 saturated heterocycles. The number of allylic oxidation sites excluding steroid dienone is 1. The number of aryl methyl sites for hydroxylation is 2. The molecule has 36 heavy (non-hydrogen) atoms. The molecule has 14 heteroatoms. The van der Waals surface area contributed by atoms with Crippen LogP contribution in [0, 0.1) is 13.8 Å². The van der Waals surface area contributed by atoms with Crippen molar-refractivity contribution in [3.05, 3.63) is 59.0 Å². The summed E-state index contributed by atoms with van der Waals surface area (Å²) in [6.45, 7) is 6.89. The summed E-state index contributed by atoms with van der Waals surface area (Å²) >= 11 is 0. The zero-order valence-corrected chi connectivity index (χ0v) is 20.2. The van der Waals surface area contributed by atoms with E-state index in [1.54, 1.807) is 13.8 Å². The fourth-order valence-electron chi connectivity index (χ4n) is 3.82.